The molecule has 12 heteroatoms. The Morgan fingerprint density at radius 1 is 1.30 bits per heavy atom. The molecule has 9 nitrogen and oxygen atoms in total. The molecule has 0 radical (unpaired) electrons. The van der Waals surface area contributed by atoms with E-state index in [1.165, 1.54) is 17.3 Å². The van der Waals surface area contributed by atoms with E-state index < -0.39 is 30.3 Å². The lowest BCUT2D eigenvalue weighted by molar-refractivity contribution is -0.168. The zero-order valence-corrected chi connectivity index (χ0v) is 17.6. The van der Waals surface area contributed by atoms with E-state index in [0.717, 1.165) is 12.4 Å². The fraction of sp³-hybridized carbons (Fsp3) is 0.381. The van der Waals surface area contributed by atoms with Gasteiger partial charge in [-0.1, -0.05) is 6.92 Å². The van der Waals surface area contributed by atoms with Gasteiger partial charge in [-0.3, -0.25) is 15.0 Å². The number of ketones is 1. The Bertz CT molecular complexity index is 1240. The molecule has 33 heavy (non-hydrogen) atoms. The Labute approximate surface area is 186 Å². The molecule has 2 aliphatic heterocycles. The van der Waals surface area contributed by atoms with Crippen molar-refractivity contribution in [1.29, 1.82) is 0 Å². The maximum absolute atomic E-state index is 13.2. The van der Waals surface area contributed by atoms with E-state index in [4.69, 9.17) is 0 Å². The van der Waals surface area contributed by atoms with Gasteiger partial charge in [0, 0.05) is 25.6 Å². The number of H-pyrrole nitrogens is 1. The smallest absolute Gasteiger partial charge is 0.366 e. The third kappa shape index (κ3) is 3.85. The Balaban J connectivity index is 1.43. The second-order valence-electron chi connectivity index (χ2n) is 8.29. The minimum Gasteiger partial charge on any atom is -0.366 e. The first-order chi connectivity index (χ1) is 15.7. The molecule has 2 amide bonds. The van der Waals surface area contributed by atoms with E-state index in [0.29, 0.717) is 36.5 Å². The monoisotopic (exact) mass is 459 g/mol. The lowest BCUT2D eigenvalue weighted by Gasteiger charge is -2.35. The number of carbonyl (C=O) groups is 2. The van der Waals surface area contributed by atoms with Crippen LogP contribution < -0.4 is 15.1 Å². The summed E-state index contributed by atoms with van der Waals surface area (Å²) >= 11 is 0. The van der Waals surface area contributed by atoms with Gasteiger partial charge in [-0.15, -0.1) is 0 Å². The van der Waals surface area contributed by atoms with Crippen molar-refractivity contribution in [3.05, 3.63) is 36.4 Å². The van der Waals surface area contributed by atoms with Gasteiger partial charge in [-0.25, -0.2) is 19.7 Å². The van der Waals surface area contributed by atoms with E-state index in [1.807, 2.05) is 0 Å². The number of carbonyl (C=O) groups excluding carboxylic acids is 2. The second kappa shape index (κ2) is 7.71. The number of rotatable bonds is 4. The number of imidazole rings is 1. The molecular formula is C21H20F3N7O2. The van der Waals surface area contributed by atoms with Crippen molar-refractivity contribution >= 4 is 40.2 Å². The van der Waals surface area contributed by atoms with Crippen LogP contribution in [0.2, 0.25) is 0 Å². The largest absolute Gasteiger partial charge is 0.391 e. The molecule has 172 valence electrons. The van der Waals surface area contributed by atoms with Crippen LogP contribution in [0.3, 0.4) is 0 Å². The number of anilines is 3. The van der Waals surface area contributed by atoms with Crippen molar-refractivity contribution in [2.24, 2.45) is 5.92 Å². The quantitative estimate of drug-likeness (QED) is 0.576. The fourth-order valence-electron chi connectivity index (χ4n) is 4.20. The van der Waals surface area contributed by atoms with Crippen molar-refractivity contribution in [1.82, 2.24) is 19.9 Å². The topological polar surface area (TPSA) is 107 Å². The number of aromatic amines is 1. The summed E-state index contributed by atoms with van der Waals surface area (Å²) in [6.45, 7) is 2.27. The lowest BCUT2D eigenvalue weighted by atomic mass is 10.0. The zero-order valence-electron chi connectivity index (χ0n) is 17.6. The number of hydrogen-bond acceptors (Lipinski definition) is 6. The maximum Gasteiger partial charge on any atom is 0.391 e. The summed E-state index contributed by atoms with van der Waals surface area (Å²) in [5.41, 5.74) is 1.92. The van der Waals surface area contributed by atoms with Gasteiger partial charge >= 0.3 is 12.2 Å². The van der Waals surface area contributed by atoms with E-state index in [1.54, 1.807) is 18.3 Å². The Hall–Kier alpha value is -3.70. The molecule has 2 bridgehead atoms. The minimum absolute atomic E-state index is 0.0961. The number of hydrogen-bond donors (Lipinski definition) is 2. The number of Topliss-reactive ketones (excluding diaryl/α,β-unsaturated/α-hetero) is 1. The SMILES string of the molecule is C[C@@H](CC(=O)c1ccc2c(n1)N(C(=O)Nc1cc3nc[nH]c3cn1)[C@H]1CCN2C1)C(F)(F)F. The van der Waals surface area contributed by atoms with Crippen LogP contribution in [0.25, 0.3) is 11.0 Å². The summed E-state index contributed by atoms with van der Waals surface area (Å²) in [5, 5.41) is 2.75. The Kier molecular flexibility index (Phi) is 4.94. The molecule has 2 aliphatic rings. The molecule has 0 unspecified atom stereocenters. The van der Waals surface area contributed by atoms with Crippen molar-refractivity contribution in [3.8, 4) is 0 Å². The van der Waals surface area contributed by atoms with Gasteiger partial charge in [0.2, 0.25) is 0 Å². The average molecular weight is 459 g/mol. The van der Waals surface area contributed by atoms with Gasteiger partial charge in [0.15, 0.2) is 11.6 Å². The summed E-state index contributed by atoms with van der Waals surface area (Å²) in [5.74, 6) is -1.95. The number of nitrogens with zero attached hydrogens (tertiary/aromatic N) is 5. The number of pyridine rings is 2. The highest BCUT2D eigenvalue weighted by Gasteiger charge is 2.41. The van der Waals surface area contributed by atoms with Crippen molar-refractivity contribution < 1.29 is 22.8 Å². The van der Waals surface area contributed by atoms with Crippen molar-refractivity contribution in [2.45, 2.75) is 32.0 Å². The first-order valence-electron chi connectivity index (χ1n) is 10.5. The van der Waals surface area contributed by atoms with Crippen LogP contribution >= 0.6 is 0 Å². The predicted molar refractivity (Wildman–Crippen MR) is 114 cm³/mol. The van der Waals surface area contributed by atoms with Gasteiger partial charge in [0.25, 0.3) is 0 Å². The van der Waals surface area contributed by atoms with E-state index in [2.05, 4.69) is 30.2 Å². The van der Waals surface area contributed by atoms with Crippen LogP contribution in [0.5, 0.6) is 0 Å². The minimum atomic E-state index is -4.47. The summed E-state index contributed by atoms with van der Waals surface area (Å²) in [6.07, 6.45) is -1.40. The summed E-state index contributed by atoms with van der Waals surface area (Å²) in [4.78, 5) is 44.9. The van der Waals surface area contributed by atoms with Crippen LogP contribution in [0.1, 0.15) is 30.3 Å². The molecule has 5 rings (SSSR count). The fourth-order valence-corrected chi connectivity index (χ4v) is 4.20. The highest BCUT2D eigenvalue weighted by molar-refractivity contribution is 6.05. The third-order valence-corrected chi connectivity index (χ3v) is 6.05. The molecule has 0 saturated carbocycles. The lowest BCUT2D eigenvalue weighted by Crippen LogP contribution is -2.48. The molecular weight excluding hydrogens is 439 g/mol. The van der Waals surface area contributed by atoms with Crippen LogP contribution in [-0.4, -0.2) is 57.1 Å². The third-order valence-electron chi connectivity index (χ3n) is 6.05. The van der Waals surface area contributed by atoms with Crippen LogP contribution in [0.15, 0.2) is 30.7 Å². The molecule has 0 aliphatic carbocycles. The maximum atomic E-state index is 13.2. The Morgan fingerprint density at radius 3 is 2.91 bits per heavy atom. The zero-order chi connectivity index (χ0) is 23.3. The van der Waals surface area contributed by atoms with Gasteiger partial charge in [0.1, 0.15) is 11.5 Å². The molecule has 3 aromatic rings. The van der Waals surface area contributed by atoms with Gasteiger partial charge in [-0.2, -0.15) is 13.2 Å². The first-order valence-corrected chi connectivity index (χ1v) is 10.5. The average Bonchev–Trinajstić information content (AvgIpc) is 3.40. The molecule has 3 aromatic heterocycles. The molecule has 2 atom stereocenters. The number of aromatic nitrogens is 4. The summed E-state index contributed by atoms with van der Waals surface area (Å²) in [6, 6.07) is 4.03. The Morgan fingerprint density at radius 2 is 2.12 bits per heavy atom. The van der Waals surface area contributed by atoms with Gasteiger partial charge in [-0.05, 0) is 18.6 Å². The predicted octanol–water partition coefficient (Wildman–Crippen LogP) is 3.75. The standard InChI is InChI=1S/C21H20F3N7O2/c1-11(21(22,23)24)6-17(32)13-2-3-16-19(28-13)31(12-4-5-30(16)9-12)20(33)29-18-7-14-15(8-25-18)27-10-26-14/h2-3,7-8,10-12H,4-6,9H2,1H3,(H,26,27)(H,25,29,33)/t11-,12-/m0/s1. The number of nitrogens with one attached hydrogen (secondary N) is 2. The number of halogens is 3. The van der Waals surface area contributed by atoms with Crippen molar-refractivity contribution in [2.75, 3.05) is 28.2 Å². The first kappa shape index (κ1) is 21.2. The van der Waals surface area contributed by atoms with E-state index in [-0.39, 0.29) is 17.6 Å². The normalized spacial score (nSPS) is 18.4. The number of alkyl halides is 3. The van der Waals surface area contributed by atoms with Crippen LogP contribution in [0, 0.1) is 5.92 Å². The molecule has 1 saturated heterocycles. The molecule has 0 spiro atoms. The number of urea groups is 1. The highest BCUT2D eigenvalue weighted by Crippen LogP contribution is 2.39. The molecule has 0 aromatic carbocycles. The highest BCUT2D eigenvalue weighted by atomic mass is 19.4. The molecule has 5 heterocycles. The molecule has 1 fully saturated rings. The molecule has 2 N–H and O–H groups in total. The van der Waals surface area contributed by atoms with Gasteiger partial charge < -0.3 is 9.88 Å². The van der Waals surface area contributed by atoms with Crippen LogP contribution in [-0.2, 0) is 0 Å². The summed E-state index contributed by atoms with van der Waals surface area (Å²) < 4.78 is 38.7. The van der Waals surface area contributed by atoms with Crippen molar-refractivity contribution in [3.63, 3.8) is 0 Å². The van der Waals surface area contributed by atoms with Crippen LogP contribution in [0.4, 0.5) is 35.3 Å². The van der Waals surface area contributed by atoms with E-state index >= 15 is 0 Å². The second-order valence-corrected chi connectivity index (χ2v) is 8.29. The summed E-state index contributed by atoms with van der Waals surface area (Å²) in [7, 11) is 0. The number of fused-ring (bicyclic) bond motifs is 5. The van der Waals surface area contributed by atoms with E-state index in [9.17, 15) is 22.8 Å². The van der Waals surface area contributed by atoms with Gasteiger partial charge in [0.05, 0.1) is 41.2 Å². The number of amides is 2.